The number of aromatic nitrogens is 1. The predicted octanol–water partition coefficient (Wildman–Crippen LogP) is 5.09. The maximum absolute atomic E-state index is 13.0. The van der Waals surface area contributed by atoms with Crippen LogP contribution in [0.4, 0.5) is 5.69 Å². The van der Waals surface area contributed by atoms with Crippen molar-refractivity contribution in [2.24, 2.45) is 0 Å². The van der Waals surface area contributed by atoms with Gasteiger partial charge in [0.2, 0.25) is 5.91 Å². The number of carbonyl (C=O) groups is 2. The lowest BCUT2D eigenvalue weighted by atomic mass is 10.1. The quantitative estimate of drug-likeness (QED) is 0.632. The van der Waals surface area contributed by atoms with Gasteiger partial charge in [-0.2, -0.15) is 0 Å². The molecule has 2 heterocycles. The number of fused-ring (bicyclic) bond motifs is 1. The molecule has 0 saturated carbocycles. The molecule has 1 fully saturated rings. The third-order valence-corrected chi connectivity index (χ3v) is 5.95. The Morgan fingerprint density at radius 2 is 1.97 bits per heavy atom. The van der Waals surface area contributed by atoms with Gasteiger partial charge in [-0.1, -0.05) is 29.3 Å². The summed E-state index contributed by atoms with van der Waals surface area (Å²) in [7, 11) is 0. The molecule has 5 nitrogen and oxygen atoms in total. The van der Waals surface area contributed by atoms with E-state index in [4.69, 9.17) is 23.2 Å². The minimum Gasteiger partial charge on any atom is -0.327 e. The largest absolute Gasteiger partial charge is 0.327 e. The summed E-state index contributed by atoms with van der Waals surface area (Å²) in [6, 6.07) is 11.8. The van der Waals surface area contributed by atoms with Crippen LogP contribution in [0, 0.1) is 6.92 Å². The first-order chi connectivity index (χ1) is 14.0. The van der Waals surface area contributed by atoms with Gasteiger partial charge in [0, 0.05) is 23.7 Å². The van der Waals surface area contributed by atoms with Crippen LogP contribution < -0.4 is 5.32 Å². The molecule has 0 spiro atoms. The summed E-state index contributed by atoms with van der Waals surface area (Å²) in [4.78, 5) is 32.0. The molecule has 1 aliphatic rings. The fourth-order valence-corrected chi connectivity index (χ4v) is 4.01. The highest BCUT2D eigenvalue weighted by Crippen LogP contribution is 2.28. The molecule has 3 aromatic rings. The molecule has 148 valence electrons. The summed E-state index contributed by atoms with van der Waals surface area (Å²) in [6.45, 7) is 2.50. The van der Waals surface area contributed by atoms with E-state index in [2.05, 4.69) is 10.3 Å². The maximum Gasteiger partial charge on any atom is 0.254 e. The molecule has 1 saturated heterocycles. The van der Waals surface area contributed by atoms with Crippen LogP contribution in [0.15, 0.2) is 48.7 Å². The molecule has 0 aliphatic carbocycles. The predicted molar refractivity (Wildman–Crippen MR) is 116 cm³/mol. The second-order valence-corrected chi connectivity index (χ2v) is 7.92. The summed E-state index contributed by atoms with van der Waals surface area (Å²) < 4.78 is 0. The highest BCUT2D eigenvalue weighted by Gasteiger charge is 2.35. The van der Waals surface area contributed by atoms with Crippen LogP contribution in [0.25, 0.3) is 10.9 Å². The Bertz CT molecular complexity index is 1120. The van der Waals surface area contributed by atoms with Crippen molar-refractivity contribution < 1.29 is 9.59 Å². The SMILES string of the molecule is Cc1ccc(NC(=O)C2CCCN2C(=O)c2ccc(Cl)c(Cl)c2)c2cccnc12. The molecule has 1 unspecified atom stereocenters. The van der Waals surface area contributed by atoms with E-state index in [-0.39, 0.29) is 11.8 Å². The smallest absolute Gasteiger partial charge is 0.254 e. The van der Waals surface area contributed by atoms with Crippen LogP contribution in [0.1, 0.15) is 28.8 Å². The lowest BCUT2D eigenvalue weighted by molar-refractivity contribution is -0.119. The lowest BCUT2D eigenvalue weighted by Crippen LogP contribution is -2.43. The molecule has 1 atom stereocenters. The number of nitrogens with one attached hydrogen (secondary N) is 1. The number of nitrogens with zero attached hydrogens (tertiary/aromatic N) is 2. The van der Waals surface area contributed by atoms with Crippen LogP contribution in [0.2, 0.25) is 10.0 Å². The van der Waals surface area contributed by atoms with E-state index in [1.165, 1.54) is 0 Å². The van der Waals surface area contributed by atoms with Gasteiger partial charge in [-0.15, -0.1) is 0 Å². The molecule has 1 aliphatic heterocycles. The fraction of sp³-hybridized carbons (Fsp3) is 0.227. The monoisotopic (exact) mass is 427 g/mol. The van der Waals surface area contributed by atoms with E-state index in [1.54, 1.807) is 29.3 Å². The number of benzene rings is 2. The second-order valence-electron chi connectivity index (χ2n) is 7.10. The van der Waals surface area contributed by atoms with Crippen LogP contribution in [-0.2, 0) is 4.79 Å². The molecule has 4 rings (SSSR count). The topological polar surface area (TPSA) is 62.3 Å². The average Bonchev–Trinajstić information content (AvgIpc) is 3.22. The van der Waals surface area contributed by atoms with Gasteiger partial charge in [-0.25, -0.2) is 0 Å². The van der Waals surface area contributed by atoms with E-state index in [1.807, 2.05) is 31.2 Å². The van der Waals surface area contributed by atoms with Crippen molar-refractivity contribution in [3.63, 3.8) is 0 Å². The van der Waals surface area contributed by atoms with Crippen molar-refractivity contribution in [2.45, 2.75) is 25.8 Å². The van der Waals surface area contributed by atoms with E-state index >= 15 is 0 Å². The van der Waals surface area contributed by atoms with Crippen LogP contribution in [0.5, 0.6) is 0 Å². The third-order valence-electron chi connectivity index (χ3n) is 5.21. The number of hydrogen-bond acceptors (Lipinski definition) is 3. The minimum atomic E-state index is -0.537. The van der Waals surface area contributed by atoms with Gasteiger partial charge in [0.15, 0.2) is 0 Å². The molecule has 2 amide bonds. The molecular formula is C22H19Cl2N3O2. The Hall–Kier alpha value is -2.63. The number of pyridine rings is 1. The first kappa shape index (κ1) is 19.7. The van der Waals surface area contributed by atoms with Gasteiger partial charge < -0.3 is 10.2 Å². The van der Waals surface area contributed by atoms with Crippen molar-refractivity contribution in [3.05, 3.63) is 69.8 Å². The molecule has 2 aromatic carbocycles. The Labute approximate surface area is 178 Å². The van der Waals surface area contributed by atoms with Crippen molar-refractivity contribution in [2.75, 3.05) is 11.9 Å². The van der Waals surface area contributed by atoms with Crippen LogP contribution >= 0.6 is 23.2 Å². The second kappa shape index (κ2) is 8.01. The molecule has 0 bridgehead atoms. The molecule has 0 radical (unpaired) electrons. The normalized spacial score (nSPS) is 16.2. The van der Waals surface area contributed by atoms with Crippen molar-refractivity contribution in [3.8, 4) is 0 Å². The van der Waals surface area contributed by atoms with E-state index in [9.17, 15) is 9.59 Å². The van der Waals surface area contributed by atoms with Crippen LogP contribution in [-0.4, -0.2) is 34.3 Å². The number of carbonyl (C=O) groups excluding carboxylic acids is 2. The molecule has 1 N–H and O–H groups in total. The van der Waals surface area contributed by atoms with Gasteiger partial charge >= 0.3 is 0 Å². The zero-order chi connectivity index (χ0) is 20.5. The van der Waals surface area contributed by atoms with Gasteiger partial charge in [0.25, 0.3) is 5.91 Å². The standard InChI is InChI=1S/C22H19Cl2N3O2/c1-13-6-9-18(15-4-2-10-25-20(13)15)26-21(28)19-5-3-11-27(19)22(29)14-7-8-16(23)17(24)12-14/h2,4,6-10,12,19H,3,5,11H2,1H3,(H,26,28). The first-order valence-electron chi connectivity index (χ1n) is 9.37. The van der Waals surface area contributed by atoms with Gasteiger partial charge in [-0.05, 0) is 61.7 Å². The number of amides is 2. The molecule has 29 heavy (non-hydrogen) atoms. The first-order valence-corrected chi connectivity index (χ1v) is 10.1. The van der Waals surface area contributed by atoms with E-state index in [0.717, 1.165) is 22.9 Å². The lowest BCUT2D eigenvalue weighted by Gasteiger charge is -2.24. The molecular weight excluding hydrogens is 409 g/mol. The summed E-state index contributed by atoms with van der Waals surface area (Å²) >= 11 is 12.0. The highest BCUT2D eigenvalue weighted by atomic mass is 35.5. The van der Waals surface area contributed by atoms with Gasteiger partial charge in [-0.3, -0.25) is 14.6 Å². The zero-order valence-corrected chi connectivity index (χ0v) is 17.3. The zero-order valence-electron chi connectivity index (χ0n) is 15.8. The minimum absolute atomic E-state index is 0.204. The fourth-order valence-electron chi connectivity index (χ4n) is 3.72. The summed E-state index contributed by atoms with van der Waals surface area (Å²) in [5, 5.41) is 4.57. The Morgan fingerprint density at radius 3 is 2.76 bits per heavy atom. The number of anilines is 1. The summed E-state index contributed by atoms with van der Waals surface area (Å²) in [6.07, 6.45) is 3.11. The Morgan fingerprint density at radius 1 is 1.14 bits per heavy atom. The molecule has 7 heteroatoms. The molecule has 1 aromatic heterocycles. The number of hydrogen-bond donors (Lipinski definition) is 1. The summed E-state index contributed by atoms with van der Waals surface area (Å²) in [5.41, 5.74) is 3.00. The highest BCUT2D eigenvalue weighted by molar-refractivity contribution is 6.42. The average molecular weight is 428 g/mol. The number of rotatable bonds is 3. The van der Waals surface area contributed by atoms with Gasteiger partial charge in [0.05, 0.1) is 21.2 Å². The number of halogens is 2. The van der Waals surface area contributed by atoms with E-state index < -0.39 is 6.04 Å². The number of aryl methyl sites for hydroxylation is 1. The van der Waals surface area contributed by atoms with Crippen molar-refractivity contribution in [1.29, 1.82) is 0 Å². The maximum atomic E-state index is 13.0. The van der Waals surface area contributed by atoms with E-state index in [0.29, 0.717) is 34.3 Å². The Balaban J connectivity index is 1.58. The van der Waals surface area contributed by atoms with Crippen molar-refractivity contribution >= 4 is 51.6 Å². The van der Waals surface area contributed by atoms with Crippen LogP contribution in [0.3, 0.4) is 0 Å². The van der Waals surface area contributed by atoms with Crippen molar-refractivity contribution in [1.82, 2.24) is 9.88 Å². The Kier molecular flexibility index (Phi) is 5.43. The third kappa shape index (κ3) is 3.80. The summed E-state index contributed by atoms with van der Waals surface area (Å²) in [5.74, 6) is -0.429. The van der Waals surface area contributed by atoms with Gasteiger partial charge in [0.1, 0.15) is 6.04 Å². The number of likely N-dealkylation sites (tertiary alicyclic amines) is 1.